The van der Waals surface area contributed by atoms with Crippen LogP contribution in [0.1, 0.15) is 20.8 Å². The molecule has 0 aromatic heterocycles. The monoisotopic (exact) mass is 256 g/mol. The number of hydrogen-bond donors (Lipinski definition) is 0. The van der Waals surface area contributed by atoms with E-state index in [1.54, 1.807) is 12.1 Å². The second-order valence-corrected chi connectivity index (χ2v) is 6.75. The number of hydrogen-bond acceptors (Lipinski definition) is 4. The number of sulfone groups is 1. The first-order chi connectivity index (χ1) is 7.73. The minimum absolute atomic E-state index is 0.0945. The molecule has 5 heteroatoms. The van der Waals surface area contributed by atoms with Crippen LogP contribution in [-0.2, 0) is 14.6 Å². The molecule has 0 fully saturated rings. The van der Waals surface area contributed by atoms with Crippen molar-refractivity contribution >= 4 is 15.6 Å². The fourth-order valence-corrected chi connectivity index (χ4v) is 2.75. The first-order valence-electron chi connectivity index (χ1n) is 5.13. The molecule has 0 unspecified atom stereocenters. The standard InChI is InChI=1S/C12H16O4S/c1-9(13)12(2,3)17(14,15)11-7-5-6-10(8-11)16-4/h5-8H,1-4H3. The number of benzene rings is 1. The molecule has 0 N–H and O–H groups in total. The number of carbonyl (C=O) groups excluding carboxylic acids is 1. The van der Waals surface area contributed by atoms with Crippen molar-refractivity contribution in [2.45, 2.75) is 30.4 Å². The lowest BCUT2D eigenvalue weighted by Gasteiger charge is -2.21. The molecule has 1 aromatic carbocycles. The van der Waals surface area contributed by atoms with Gasteiger partial charge < -0.3 is 4.74 Å². The van der Waals surface area contributed by atoms with Crippen LogP contribution in [0.5, 0.6) is 5.75 Å². The molecule has 1 aromatic rings. The number of ketones is 1. The summed E-state index contributed by atoms with van der Waals surface area (Å²) in [6.45, 7) is 4.09. The highest BCUT2D eigenvalue weighted by Gasteiger charge is 2.40. The van der Waals surface area contributed by atoms with Gasteiger partial charge >= 0.3 is 0 Å². The summed E-state index contributed by atoms with van der Waals surface area (Å²) in [6.07, 6.45) is 0. The fraction of sp³-hybridized carbons (Fsp3) is 0.417. The smallest absolute Gasteiger partial charge is 0.190 e. The number of rotatable bonds is 4. The molecule has 4 nitrogen and oxygen atoms in total. The molecule has 1 rings (SSSR count). The van der Waals surface area contributed by atoms with Crippen molar-refractivity contribution < 1.29 is 17.9 Å². The average Bonchev–Trinajstić information content (AvgIpc) is 2.28. The third-order valence-electron chi connectivity index (χ3n) is 2.87. The Balaban J connectivity index is 3.36. The van der Waals surface area contributed by atoms with E-state index in [1.807, 2.05) is 0 Å². The Morgan fingerprint density at radius 3 is 2.35 bits per heavy atom. The second kappa shape index (κ2) is 4.49. The van der Waals surface area contributed by atoms with E-state index >= 15 is 0 Å². The molecule has 0 atom stereocenters. The summed E-state index contributed by atoms with van der Waals surface area (Å²) in [4.78, 5) is 11.5. The second-order valence-electron chi connectivity index (χ2n) is 4.25. The molecule has 0 heterocycles. The fourth-order valence-electron chi connectivity index (χ4n) is 1.25. The minimum atomic E-state index is -3.70. The summed E-state index contributed by atoms with van der Waals surface area (Å²) in [5.41, 5.74) is 0. The normalized spacial score (nSPS) is 12.2. The lowest BCUT2D eigenvalue weighted by Crippen LogP contribution is -2.39. The first-order valence-corrected chi connectivity index (χ1v) is 6.61. The minimum Gasteiger partial charge on any atom is -0.497 e. The average molecular weight is 256 g/mol. The van der Waals surface area contributed by atoms with E-state index in [9.17, 15) is 13.2 Å². The van der Waals surface area contributed by atoms with Gasteiger partial charge in [0.2, 0.25) is 0 Å². The van der Waals surface area contributed by atoms with Crippen LogP contribution in [0.4, 0.5) is 0 Å². The predicted molar refractivity (Wildman–Crippen MR) is 64.9 cm³/mol. The molecular weight excluding hydrogens is 240 g/mol. The van der Waals surface area contributed by atoms with Crippen LogP contribution in [0.25, 0.3) is 0 Å². The Bertz CT molecular complexity index is 529. The van der Waals surface area contributed by atoms with E-state index in [0.29, 0.717) is 5.75 Å². The van der Waals surface area contributed by atoms with Crippen LogP contribution in [0.3, 0.4) is 0 Å². The Kier molecular flexibility index (Phi) is 3.62. The van der Waals surface area contributed by atoms with Gasteiger partial charge in [0, 0.05) is 0 Å². The quantitative estimate of drug-likeness (QED) is 0.824. The number of carbonyl (C=O) groups is 1. The zero-order valence-corrected chi connectivity index (χ0v) is 11.2. The van der Waals surface area contributed by atoms with Crippen molar-refractivity contribution in [2.24, 2.45) is 0 Å². The summed E-state index contributed by atoms with van der Waals surface area (Å²) < 4.78 is 28.1. The van der Waals surface area contributed by atoms with Crippen LogP contribution in [0, 0.1) is 0 Å². The maximum atomic E-state index is 12.3. The van der Waals surface area contributed by atoms with E-state index in [-0.39, 0.29) is 10.7 Å². The Morgan fingerprint density at radius 1 is 1.29 bits per heavy atom. The largest absolute Gasteiger partial charge is 0.497 e. The highest BCUT2D eigenvalue weighted by atomic mass is 32.2. The topological polar surface area (TPSA) is 60.4 Å². The Hall–Kier alpha value is -1.36. The summed E-state index contributed by atoms with van der Waals surface area (Å²) in [7, 11) is -2.24. The van der Waals surface area contributed by atoms with Crippen molar-refractivity contribution in [1.82, 2.24) is 0 Å². The number of ether oxygens (including phenoxy) is 1. The van der Waals surface area contributed by atoms with Crippen LogP contribution in [0.15, 0.2) is 29.2 Å². The van der Waals surface area contributed by atoms with E-state index in [4.69, 9.17) is 4.74 Å². The molecule has 0 aliphatic rings. The van der Waals surface area contributed by atoms with Gasteiger partial charge in [-0.2, -0.15) is 0 Å². The maximum Gasteiger partial charge on any atom is 0.190 e. The van der Waals surface area contributed by atoms with E-state index < -0.39 is 14.6 Å². The van der Waals surface area contributed by atoms with Crippen molar-refractivity contribution in [2.75, 3.05) is 7.11 Å². The van der Waals surface area contributed by atoms with Gasteiger partial charge in [-0.3, -0.25) is 4.79 Å². The van der Waals surface area contributed by atoms with Gasteiger partial charge in [-0.15, -0.1) is 0 Å². The molecule has 0 aliphatic heterocycles. The highest BCUT2D eigenvalue weighted by molar-refractivity contribution is 7.93. The molecule has 0 radical (unpaired) electrons. The molecule has 0 saturated carbocycles. The van der Waals surface area contributed by atoms with Gasteiger partial charge in [-0.05, 0) is 39.0 Å². The SMILES string of the molecule is COc1cccc(S(=O)(=O)C(C)(C)C(C)=O)c1. The highest BCUT2D eigenvalue weighted by Crippen LogP contribution is 2.28. The Labute approximate surface area is 102 Å². The third-order valence-corrected chi connectivity index (χ3v) is 5.38. The number of Topliss-reactive ketones (excluding diaryl/α,β-unsaturated/α-hetero) is 1. The molecule has 17 heavy (non-hydrogen) atoms. The lowest BCUT2D eigenvalue weighted by molar-refractivity contribution is -0.118. The van der Waals surface area contributed by atoms with Gasteiger partial charge in [0.1, 0.15) is 10.5 Å². The van der Waals surface area contributed by atoms with Gasteiger partial charge in [0.05, 0.1) is 12.0 Å². The van der Waals surface area contributed by atoms with Gasteiger partial charge in [-0.25, -0.2) is 8.42 Å². The van der Waals surface area contributed by atoms with Crippen LogP contribution in [0.2, 0.25) is 0 Å². The van der Waals surface area contributed by atoms with E-state index in [2.05, 4.69) is 0 Å². The van der Waals surface area contributed by atoms with Crippen LogP contribution < -0.4 is 4.74 Å². The predicted octanol–water partition coefficient (Wildman–Crippen LogP) is 1.84. The molecule has 0 spiro atoms. The lowest BCUT2D eigenvalue weighted by atomic mass is 10.1. The zero-order valence-electron chi connectivity index (χ0n) is 10.4. The Morgan fingerprint density at radius 2 is 1.88 bits per heavy atom. The van der Waals surface area contributed by atoms with Gasteiger partial charge in [0.15, 0.2) is 15.6 Å². The first kappa shape index (κ1) is 13.7. The van der Waals surface area contributed by atoms with Crippen molar-refractivity contribution in [3.05, 3.63) is 24.3 Å². The van der Waals surface area contributed by atoms with Crippen molar-refractivity contribution in [3.8, 4) is 5.75 Å². The molecule has 0 aliphatic carbocycles. The maximum absolute atomic E-state index is 12.3. The van der Waals surface area contributed by atoms with Crippen molar-refractivity contribution in [1.29, 1.82) is 0 Å². The summed E-state index contributed by atoms with van der Waals surface area (Å²) in [5, 5.41) is 0. The molecule has 94 valence electrons. The molecular formula is C12H16O4S. The van der Waals surface area contributed by atoms with Crippen LogP contribution in [-0.4, -0.2) is 26.1 Å². The van der Waals surface area contributed by atoms with E-state index in [1.165, 1.54) is 40.0 Å². The van der Waals surface area contributed by atoms with Crippen molar-refractivity contribution in [3.63, 3.8) is 0 Å². The summed E-state index contributed by atoms with van der Waals surface area (Å²) in [6, 6.07) is 6.12. The van der Waals surface area contributed by atoms with Gasteiger partial charge in [0.25, 0.3) is 0 Å². The zero-order chi connectivity index (χ0) is 13.3. The molecule has 0 saturated heterocycles. The summed E-state index contributed by atoms with van der Waals surface area (Å²) in [5.74, 6) is 0.0609. The number of methoxy groups -OCH3 is 1. The third kappa shape index (κ3) is 2.34. The van der Waals surface area contributed by atoms with E-state index in [0.717, 1.165) is 0 Å². The summed E-state index contributed by atoms with van der Waals surface area (Å²) >= 11 is 0. The molecule has 0 amide bonds. The van der Waals surface area contributed by atoms with Gasteiger partial charge in [-0.1, -0.05) is 6.07 Å². The van der Waals surface area contributed by atoms with Crippen LogP contribution >= 0.6 is 0 Å². The molecule has 0 bridgehead atoms.